The first-order chi connectivity index (χ1) is 10.5. The van der Waals surface area contributed by atoms with Crippen molar-refractivity contribution < 1.29 is 9.21 Å². The molecule has 6 heteroatoms. The molecule has 0 aromatic carbocycles. The minimum atomic E-state index is -0.153. The fourth-order valence-electron chi connectivity index (χ4n) is 2.75. The Bertz CT molecular complexity index is 489. The van der Waals surface area contributed by atoms with Gasteiger partial charge in [-0.2, -0.15) is 0 Å². The Kier molecular flexibility index (Phi) is 6.29. The number of likely N-dealkylation sites (tertiary alicyclic amines) is 1. The van der Waals surface area contributed by atoms with Crippen molar-refractivity contribution in [3.8, 4) is 0 Å². The number of hydrogen-bond donors (Lipinski definition) is 0. The van der Waals surface area contributed by atoms with Crippen LogP contribution in [0.2, 0.25) is 0 Å². The Labute approximate surface area is 137 Å². The maximum Gasteiger partial charge on any atom is 0.277 e. The monoisotopic (exact) mass is 325 g/mol. The Morgan fingerprint density at radius 1 is 1.45 bits per heavy atom. The third kappa shape index (κ3) is 4.48. The predicted molar refractivity (Wildman–Crippen MR) is 87.8 cm³/mol. The van der Waals surface area contributed by atoms with Gasteiger partial charge < -0.3 is 9.32 Å². The maximum absolute atomic E-state index is 12.8. The summed E-state index contributed by atoms with van der Waals surface area (Å²) in [4.78, 5) is 14.8. The normalized spacial score (nSPS) is 20.4. The van der Waals surface area contributed by atoms with Crippen molar-refractivity contribution in [1.29, 1.82) is 0 Å². The van der Waals surface area contributed by atoms with Gasteiger partial charge >= 0.3 is 0 Å². The highest BCUT2D eigenvalue weighted by molar-refractivity contribution is 8.00. The largest absolute Gasteiger partial charge is 0.416 e. The highest BCUT2D eigenvalue weighted by Gasteiger charge is 2.31. The van der Waals surface area contributed by atoms with Gasteiger partial charge in [-0.25, -0.2) is 0 Å². The molecule has 5 nitrogen and oxygen atoms in total. The van der Waals surface area contributed by atoms with Gasteiger partial charge in [-0.15, -0.1) is 10.2 Å². The second-order valence-electron chi connectivity index (χ2n) is 6.53. The Morgan fingerprint density at radius 3 is 2.86 bits per heavy atom. The predicted octanol–water partition coefficient (Wildman–Crippen LogP) is 3.40. The van der Waals surface area contributed by atoms with Gasteiger partial charge in [-0.3, -0.25) is 4.79 Å². The number of hydrogen-bond acceptors (Lipinski definition) is 5. The average molecular weight is 325 g/mol. The van der Waals surface area contributed by atoms with Gasteiger partial charge in [0, 0.05) is 19.5 Å². The number of carbonyl (C=O) groups excluding carboxylic acids is 1. The third-order valence-electron chi connectivity index (χ3n) is 3.96. The first-order valence-electron chi connectivity index (χ1n) is 8.29. The molecule has 1 aromatic rings. The first-order valence-corrected chi connectivity index (χ1v) is 9.17. The van der Waals surface area contributed by atoms with E-state index in [0.29, 0.717) is 17.0 Å². The van der Waals surface area contributed by atoms with Crippen molar-refractivity contribution in [2.24, 2.45) is 11.8 Å². The van der Waals surface area contributed by atoms with E-state index in [0.717, 1.165) is 32.4 Å². The van der Waals surface area contributed by atoms with E-state index in [1.54, 1.807) is 0 Å². The molecule has 2 unspecified atom stereocenters. The molecule has 2 rings (SSSR count). The number of aromatic nitrogens is 2. The minimum absolute atomic E-state index is 0.153. The van der Waals surface area contributed by atoms with Crippen LogP contribution in [0.25, 0.3) is 0 Å². The van der Waals surface area contributed by atoms with Crippen LogP contribution in [-0.4, -0.2) is 39.3 Å². The standard InChI is InChI=1S/C16H27N3O2S/c1-5-7-13-17-18-16(21-13)22-14(11(2)3)15(20)19-9-6-8-12(4)10-19/h11-12,14H,5-10H2,1-4H3. The SMILES string of the molecule is CCCc1nnc(SC(C(=O)N2CCCC(C)C2)C(C)C)o1. The van der Waals surface area contributed by atoms with Crippen LogP contribution in [0.4, 0.5) is 0 Å². The van der Waals surface area contributed by atoms with Crippen LogP contribution in [0, 0.1) is 11.8 Å². The van der Waals surface area contributed by atoms with Gasteiger partial charge in [0.15, 0.2) is 0 Å². The Hall–Kier alpha value is -1.04. The van der Waals surface area contributed by atoms with Gasteiger partial charge in [-0.05, 0) is 31.1 Å². The van der Waals surface area contributed by atoms with Crippen LogP contribution < -0.4 is 0 Å². The van der Waals surface area contributed by atoms with Gasteiger partial charge in [0.05, 0.1) is 5.25 Å². The molecule has 0 aliphatic carbocycles. The molecule has 0 N–H and O–H groups in total. The summed E-state index contributed by atoms with van der Waals surface area (Å²) in [5.41, 5.74) is 0. The molecule has 0 bridgehead atoms. The molecule has 1 fully saturated rings. The van der Waals surface area contributed by atoms with Crippen molar-refractivity contribution in [1.82, 2.24) is 15.1 Å². The van der Waals surface area contributed by atoms with E-state index >= 15 is 0 Å². The third-order valence-corrected chi connectivity index (χ3v) is 5.32. The second kappa shape index (κ2) is 7.99. The van der Waals surface area contributed by atoms with Crippen LogP contribution in [0.3, 0.4) is 0 Å². The second-order valence-corrected chi connectivity index (χ2v) is 7.62. The summed E-state index contributed by atoms with van der Waals surface area (Å²) in [6, 6.07) is 0. The molecule has 2 heterocycles. The number of rotatable bonds is 6. The molecule has 1 aliphatic heterocycles. The lowest BCUT2D eigenvalue weighted by Gasteiger charge is -2.34. The summed E-state index contributed by atoms with van der Waals surface area (Å²) in [6.07, 6.45) is 4.08. The molecular weight excluding hydrogens is 298 g/mol. The van der Waals surface area contributed by atoms with E-state index in [1.165, 1.54) is 18.2 Å². The minimum Gasteiger partial charge on any atom is -0.416 e. The summed E-state index contributed by atoms with van der Waals surface area (Å²) in [6.45, 7) is 10.2. The highest BCUT2D eigenvalue weighted by Crippen LogP contribution is 2.30. The zero-order valence-electron chi connectivity index (χ0n) is 14.0. The van der Waals surface area contributed by atoms with Crippen molar-refractivity contribution >= 4 is 17.7 Å². The fourth-order valence-corrected chi connectivity index (χ4v) is 3.72. The summed E-state index contributed by atoms with van der Waals surface area (Å²) in [5, 5.41) is 8.48. The smallest absolute Gasteiger partial charge is 0.277 e. The number of piperidine rings is 1. The number of carbonyl (C=O) groups is 1. The van der Waals surface area contributed by atoms with E-state index in [2.05, 4.69) is 37.9 Å². The van der Waals surface area contributed by atoms with E-state index in [1.807, 2.05) is 4.90 Å². The van der Waals surface area contributed by atoms with Crippen molar-refractivity contribution in [3.63, 3.8) is 0 Å². The number of nitrogens with zero attached hydrogens (tertiary/aromatic N) is 3. The Morgan fingerprint density at radius 2 is 2.23 bits per heavy atom. The molecule has 1 aliphatic rings. The number of amides is 1. The molecular formula is C16H27N3O2S. The van der Waals surface area contributed by atoms with E-state index in [9.17, 15) is 4.79 Å². The van der Waals surface area contributed by atoms with Crippen LogP contribution in [0.1, 0.15) is 52.8 Å². The lowest BCUT2D eigenvalue weighted by atomic mass is 9.99. The molecule has 1 aromatic heterocycles. The van der Waals surface area contributed by atoms with Gasteiger partial charge in [0.25, 0.3) is 5.22 Å². The van der Waals surface area contributed by atoms with E-state index < -0.39 is 0 Å². The molecule has 1 amide bonds. The fraction of sp³-hybridized carbons (Fsp3) is 0.812. The molecule has 0 spiro atoms. The van der Waals surface area contributed by atoms with Crippen LogP contribution in [0.5, 0.6) is 0 Å². The van der Waals surface area contributed by atoms with Crippen molar-refractivity contribution in [2.45, 2.75) is 63.9 Å². The average Bonchev–Trinajstić information content (AvgIpc) is 2.91. The zero-order valence-corrected chi connectivity index (χ0v) is 14.9. The molecule has 22 heavy (non-hydrogen) atoms. The Balaban J connectivity index is 2.03. The molecule has 124 valence electrons. The quantitative estimate of drug-likeness (QED) is 0.750. The summed E-state index contributed by atoms with van der Waals surface area (Å²) in [7, 11) is 0. The van der Waals surface area contributed by atoms with Crippen LogP contribution >= 0.6 is 11.8 Å². The first kappa shape index (κ1) is 17.3. The highest BCUT2D eigenvalue weighted by atomic mass is 32.2. The van der Waals surface area contributed by atoms with E-state index in [-0.39, 0.29) is 17.1 Å². The summed E-state index contributed by atoms with van der Waals surface area (Å²) in [5.74, 6) is 1.69. The molecule has 0 saturated carbocycles. The number of thioether (sulfide) groups is 1. The van der Waals surface area contributed by atoms with Crippen molar-refractivity contribution in [3.05, 3.63) is 5.89 Å². The van der Waals surface area contributed by atoms with Crippen LogP contribution in [0.15, 0.2) is 9.64 Å². The summed E-state index contributed by atoms with van der Waals surface area (Å²) < 4.78 is 5.63. The lowest BCUT2D eigenvalue weighted by molar-refractivity contribution is -0.133. The molecule has 0 radical (unpaired) electrons. The van der Waals surface area contributed by atoms with Crippen LogP contribution in [-0.2, 0) is 11.2 Å². The summed E-state index contributed by atoms with van der Waals surface area (Å²) >= 11 is 1.41. The topological polar surface area (TPSA) is 59.2 Å². The van der Waals surface area contributed by atoms with Gasteiger partial charge in [0.1, 0.15) is 0 Å². The maximum atomic E-state index is 12.8. The number of aryl methyl sites for hydroxylation is 1. The molecule has 1 saturated heterocycles. The van der Waals surface area contributed by atoms with Gasteiger partial charge in [0.2, 0.25) is 11.8 Å². The zero-order chi connectivity index (χ0) is 16.1. The molecule has 2 atom stereocenters. The van der Waals surface area contributed by atoms with Gasteiger partial charge in [-0.1, -0.05) is 39.5 Å². The van der Waals surface area contributed by atoms with Crippen molar-refractivity contribution in [2.75, 3.05) is 13.1 Å². The van der Waals surface area contributed by atoms with E-state index in [4.69, 9.17) is 4.42 Å². The lowest BCUT2D eigenvalue weighted by Crippen LogP contribution is -2.45.